The van der Waals surface area contributed by atoms with Crippen molar-refractivity contribution in [2.24, 2.45) is 0 Å². The largest absolute Gasteiger partial charge is 0.394 e. The van der Waals surface area contributed by atoms with Gasteiger partial charge in [-0.05, 0) is 12.5 Å². The van der Waals surface area contributed by atoms with Gasteiger partial charge in [-0.2, -0.15) is 0 Å². The molecule has 0 aromatic carbocycles. The summed E-state index contributed by atoms with van der Waals surface area (Å²) >= 11 is 5.59. The van der Waals surface area contributed by atoms with Gasteiger partial charge in [-0.3, -0.25) is 14.9 Å². The number of carbonyl (C=O) groups excluding carboxylic acids is 1. The van der Waals surface area contributed by atoms with Gasteiger partial charge < -0.3 is 10.4 Å². The number of carbonyl (C=O) groups is 1. The van der Waals surface area contributed by atoms with Gasteiger partial charge in [-0.1, -0.05) is 18.5 Å². The van der Waals surface area contributed by atoms with Crippen molar-refractivity contribution in [1.29, 1.82) is 0 Å². The molecule has 18 heavy (non-hydrogen) atoms. The van der Waals surface area contributed by atoms with Gasteiger partial charge in [0.25, 0.3) is 5.91 Å². The molecule has 0 spiro atoms. The van der Waals surface area contributed by atoms with Gasteiger partial charge in [0.2, 0.25) is 5.15 Å². The Balaban J connectivity index is 3.06. The number of nitrogens with zero attached hydrogens (tertiary/aromatic N) is 2. The van der Waals surface area contributed by atoms with Crippen LogP contribution in [0, 0.1) is 10.1 Å². The summed E-state index contributed by atoms with van der Waals surface area (Å²) in [7, 11) is 0. The van der Waals surface area contributed by atoms with Crippen LogP contribution in [0.1, 0.15) is 23.7 Å². The molecule has 1 aromatic heterocycles. The van der Waals surface area contributed by atoms with E-state index < -0.39 is 22.6 Å². The Labute approximate surface area is 108 Å². The maximum atomic E-state index is 11.8. The molecule has 0 fully saturated rings. The Morgan fingerprint density at radius 3 is 2.89 bits per heavy atom. The highest BCUT2D eigenvalue weighted by molar-refractivity contribution is 6.32. The molecular weight excluding hydrogens is 262 g/mol. The van der Waals surface area contributed by atoms with E-state index >= 15 is 0 Å². The highest BCUT2D eigenvalue weighted by Gasteiger charge is 2.25. The summed E-state index contributed by atoms with van der Waals surface area (Å²) in [5.41, 5.74) is -0.712. The molecule has 0 radical (unpaired) electrons. The zero-order valence-corrected chi connectivity index (χ0v) is 10.3. The fourth-order valence-electron chi connectivity index (χ4n) is 1.33. The highest BCUT2D eigenvalue weighted by Crippen LogP contribution is 2.25. The summed E-state index contributed by atoms with van der Waals surface area (Å²) < 4.78 is 0. The Kier molecular flexibility index (Phi) is 4.99. The summed E-state index contributed by atoms with van der Waals surface area (Å²) in [6, 6.07) is 0.757. The van der Waals surface area contributed by atoms with E-state index in [4.69, 9.17) is 16.7 Å². The van der Waals surface area contributed by atoms with Crippen molar-refractivity contribution in [3.05, 3.63) is 33.1 Å². The molecule has 1 atom stereocenters. The topological polar surface area (TPSA) is 105 Å². The number of aliphatic hydroxyl groups excluding tert-OH is 1. The van der Waals surface area contributed by atoms with Crippen LogP contribution >= 0.6 is 11.6 Å². The number of nitrogens with one attached hydrogen (secondary N) is 1. The van der Waals surface area contributed by atoms with Crippen LogP contribution in [0.15, 0.2) is 12.3 Å². The molecule has 0 saturated carbocycles. The summed E-state index contributed by atoms with van der Waals surface area (Å²) in [5.74, 6) is -0.660. The van der Waals surface area contributed by atoms with Crippen LogP contribution in [-0.2, 0) is 0 Å². The van der Waals surface area contributed by atoms with Gasteiger partial charge in [0.05, 0.1) is 17.6 Å². The minimum atomic E-state index is -0.760. The van der Waals surface area contributed by atoms with Crippen molar-refractivity contribution in [3.8, 4) is 0 Å². The van der Waals surface area contributed by atoms with Crippen LogP contribution in [0.5, 0.6) is 0 Å². The molecule has 1 heterocycles. The fourth-order valence-corrected chi connectivity index (χ4v) is 1.55. The predicted octanol–water partition coefficient (Wildman–Crippen LogP) is 1.14. The monoisotopic (exact) mass is 273 g/mol. The van der Waals surface area contributed by atoms with Gasteiger partial charge in [0.15, 0.2) is 0 Å². The molecule has 0 unspecified atom stereocenters. The molecule has 1 amide bonds. The maximum absolute atomic E-state index is 11.8. The molecule has 2 N–H and O–H groups in total. The second-order valence-corrected chi connectivity index (χ2v) is 3.87. The lowest BCUT2D eigenvalue weighted by atomic mass is 10.2. The standard InChI is InChI=1S/C10H12ClN3O4/c1-2-6(5-15)13-10(16)7-3-4-12-9(11)8(7)14(17)18/h3-4,6,15H,2,5H2,1H3,(H,13,16)/t6-/m0/s1. The lowest BCUT2D eigenvalue weighted by molar-refractivity contribution is -0.385. The Bertz CT molecular complexity index is 462. The predicted molar refractivity (Wildman–Crippen MR) is 64.5 cm³/mol. The van der Waals surface area contributed by atoms with Crippen LogP contribution in [0.4, 0.5) is 5.69 Å². The van der Waals surface area contributed by atoms with Crippen molar-refractivity contribution < 1.29 is 14.8 Å². The first-order valence-corrected chi connectivity index (χ1v) is 5.59. The first-order chi connectivity index (χ1) is 8.51. The molecule has 8 heteroatoms. The molecule has 98 valence electrons. The van der Waals surface area contributed by atoms with Gasteiger partial charge in [-0.15, -0.1) is 0 Å². The number of pyridine rings is 1. The van der Waals surface area contributed by atoms with Crippen molar-refractivity contribution >= 4 is 23.2 Å². The number of halogens is 1. The number of amides is 1. The molecule has 0 aliphatic heterocycles. The second kappa shape index (κ2) is 6.27. The minimum absolute atomic E-state index is 0.174. The van der Waals surface area contributed by atoms with Crippen LogP contribution in [0.25, 0.3) is 0 Å². The van der Waals surface area contributed by atoms with E-state index in [1.54, 1.807) is 6.92 Å². The number of aromatic nitrogens is 1. The molecule has 0 bridgehead atoms. The quantitative estimate of drug-likeness (QED) is 0.475. The van der Waals surface area contributed by atoms with Gasteiger partial charge in [-0.25, -0.2) is 4.98 Å². The first kappa shape index (κ1) is 14.3. The normalized spacial score (nSPS) is 11.9. The van der Waals surface area contributed by atoms with Crippen molar-refractivity contribution in [3.63, 3.8) is 0 Å². The van der Waals surface area contributed by atoms with Crippen molar-refractivity contribution in [2.45, 2.75) is 19.4 Å². The van der Waals surface area contributed by atoms with E-state index in [1.165, 1.54) is 12.3 Å². The number of hydrogen-bond acceptors (Lipinski definition) is 5. The smallest absolute Gasteiger partial charge is 0.319 e. The van der Waals surface area contributed by atoms with E-state index in [-0.39, 0.29) is 17.3 Å². The third-order valence-corrected chi connectivity index (χ3v) is 2.63. The van der Waals surface area contributed by atoms with Crippen LogP contribution in [0.3, 0.4) is 0 Å². The van der Waals surface area contributed by atoms with Gasteiger partial charge in [0.1, 0.15) is 5.56 Å². The third kappa shape index (κ3) is 3.14. The summed E-state index contributed by atoms with van der Waals surface area (Å²) in [5, 5.41) is 21.9. The number of nitro groups is 1. The van der Waals surface area contributed by atoms with Crippen LogP contribution < -0.4 is 5.32 Å². The number of hydrogen-bond donors (Lipinski definition) is 2. The zero-order chi connectivity index (χ0) is 13.7. The zero-order valence-electron chi connectivity index (χ0n) is 9.59. The number of aliphatic hydroxyl groups is 1. The van der Waals surface area contributed by atoms with Crippen LogP contribution in [-0.4, -0.2) is 33.6 Å². The average molecular weight is 274 g/mol. The minimum Gasteiger partial charge on any atom is -0.394 e. The SMILES string of the molecule is CC[C@@H](CO)NC(=O)c1ccnc(Cl)c1[N+](=O)[O-]. The van der Waals surface area contributed by atoms with E-state index in [0.717, 1.165) is 0 Å². The second-order valence-electron chi connectivity index (χ2n) is 3.52. The van der Waals surface area contributed by atoms with E-state index in [0.29, 0.717) is 6.42 Å². The van der Waals surface area contributed by atoms with E-state index in [9.17, 15) is 14.9 Å². The molecule has 0 aliphatic carbocycles. The lowest BCUT2D eigenvalue weighted by Gasteiger charge is -2.13. The molecule has 1 aromatic rings. The number of rotatable bonds is 5. The molecule has 1 rings (SSSR count). The lowest BCUT2D eigenvalue weighted by Crippen LogP contribution is -2.37. The van der Waals surface area contributed by atoms with Crippen LogP contribution in [0.2, 0.25) is 5.15 Å². The molecule has 0 aliphatic rings. The first-order valence-electron chi connectivity index (χ1n) is 5.21. The molecule has 7 nitrogen and oxygen atoms in total. The summed E-state index contributed by atoms with van der Waals surface area (Å²) in [4.78, 5) is 25.5. The maximum Gasteiger partial charge on any atom is 0.319 e. The summed E-state index contributed by atoms with van der Waals surface area (Å²) in [6.07, 6.45) is 1.72. The highest BCUT2D eigenvalue weighted by atomic mass is 35.5. The molecular formula is C10H12ClN3O4. The summed E-state index contributed by atoms with van der Waals surface area (Å²) in [6.45, 7) is 1.53. The Hall–Kier alpha value is -1.73. The van der Waals surface area contributed by atoms with Crippen molar-refractivity contribution in [1.82, 2.24) is 10.3 Å². The van der Waals surface area contributed by atoms with Gasteiger partial charge >= 0.3 is 5.69 Å². The van der Waals surface area contributed by atoms with E-state index in [2.05, 4.69) is 10.3 Å². The van der Waals surface area contributed by atoms with Crippen molar-refractivity contribution in [2.75, 3.05) is 6.61 Å². The van der Waals surface area contributed by atoms with Gasteiger partial charge in [0, 0.05) is 6.20 Å². The Morgan fingerprint density at radius 2 is 2.39 bits per heavy atom. The average Bonchev–Trinajstić information content (AvgIpc) is 2.34. The third-order valence-electron chi connectivity index (χ3n) is 2.36. The Morgan fingerprint density at radius 1 is 1.72 bits per heavy atom. The fraction of sp³-hybridized carbons (Fsp3) is 0.400. The van der Waals surface area contributed by atoms with E-state index in [1.807, 2.05) is 0 Å². The molecule has 0 saturated heterocycles.